The highest BCUT2D eigenvalue weighted by molar-refractivity contribution is 5.78. The van der Waals surface area contributed by atoms with Crippen molar-refractivity contribution in [2.24, 2.45) is 0 Å². The molecular formula is C23H26N2O7. The van der Waals surface area contributed by atoms with Crippen molar-refractivity contribution < 1.29 is 28.7 Å². The first-order valence-electron chi connectivity index (χ1n) is 10.3. The van der Waals surface area contributed by atoms with Crippen LogP contribution in [0.15, 0.2) is 36.4 Å². The lowest BCUT2D eigenvalue weighted by molar-refractivity contribution is -0.529. The van der Waals surface area contributed by atoms with Gasteiger partial charge in [-0.1, -0.05) is 12.1 Å². The number of nitrogens with zero attached hydrogens (tertiary/aromatic N) is 2. The monoisotopic (exact) mass is 442 g/mol. The van der Waals surface area contributed by atoms with Gasteiger partial charge in [-0.2, -0.15) is 0 Å². The maximum absolute atomic E-state index is 12.9. The smallest absolute Gasteiger partial charge is 0.324 e. The van der Waals surface area contributed by atoms with E-state index in [0.29, 0.717) is 35.8 Å². The molecule has 0 radical (unpaired) electrons. The zero-order valence-corrected chi connectivity index (χ0v) is 18.4. The van der Waals surface area contributed by atoms with Gasteiger partial charge in [0.1, 0.15) is 17.8 Å². The SMILES string of the molecule is COC(=O)[C@@H]1[C@H](c2ccc(OC)cc2)[C@@H]([N+](=O)[O-])[C@H]2c3cc(OC)c(OC)cc3CCN12. The molecule has 0 N–H and O–H groups in total. The number of hydrogen-bond donors (Lipinski definition) is 0. The van der Waals surface area contributed by atoms with Crippen molar-refractivity contribution in [2.45, 2.75) is 30.5 Å². The van der Waals surface area contributed by atoms with Crippen molar-refractivity contribution in [1.29, 1.82) is 0 Å². The van der Waals surface area contributed by atoms with Gasteiger partial charge in [-0.3, -0.25) is 19.8 Å². The minimum absolute atomic E-state index is 0.276. The van der Waals surface area contributed by atoms with Crippen molar-refractivity contribution in [2.75, 3.05) is 35.0 Å². The third-order valence-electron chi connectivity index (χ3n) is 6.54. The van der Waals surface area contributed by atoms with E-state index < -0.39 is 30.0 Å². The number of fused-ring (bicyclic) bond motifs is 3. The highest BCUT2D eigenvalue weighted by Gasteiger charge is 2.61. The molecule has 2 aliphatic rings. The lowest BCUT2D eigenvalue weighted by atomic mass is 9.84. The maximum atomic E-state index is 12.9. The summed E-state index contributed by atoms with van der Waals surface area (Å²) < 4.78 is 21.2. The van der Waals surface area contributed by atoms with Crippen LogP contribution in [0.5, 0.6) is 17.2 Å². The number of carbonyl (C=O) groups is 1. The summed E-state index contributed by atoms with van der Waals surface area (Å²) in [5, 5.41) is 12.5. The molecule has 9 heteroatoms. The Bertz CT molecular complexity index is 1020. The first kappa shape index (κ1) is 21.9. The Morgan fingerprint density at radius 3 is 2.25 bits per heavy atom. The van der Waals surface area contributed by atoms with Gasteiger partial charge >= 0.3 is 5.97 Å². The Morgan fingerprint density at radius 2 is 1.69 bits per heavy atom. The van der Waals surface area contributed by atoms with E-state index in [1.54, 1.807) is 44.6 Å². The van der Waals surface area contributed by atoms with Crippen LogP contribution in [-0.4, -0.2) is 62.9 Å². The fraction of sp³-hybridized carbons (Fsp3) is 0.435. The predicted molar refractivity (Wildman–Crippen MR) is 115 cm³/mol. The van der Waals surface area contributed by atoms with Crippen molar-refractivity contribution in [3.63, 3.8) is 0 Å². The molecule has 1 fully saturated rings. The van der Waals surface area contributed by atoms with Crippen LogP contribution in [0.3, 0.4) is 0 Å². The van der Waals surface area contributed by atoms with E-state index in [1.807, 2.05) is 11.0 Å². The van der Waals surface area contributed by atoms with Crippen LogP contribution in [0.2, 0.25) is 0 Å². The molecule has 0 spiro atoms. The molecule has 0 saturated carbocycles. The molecule has 4 rings (SSSR count). The lowest BCUT2D eigenvalue weighted by Crippen LogP contribution is -2.43. The predicted octanol–water partition coefficient (Wildman–Crippen LogP) is 2.60. The summed E-state index contributed by atoms with van der Waals surface area (Å²) in [6.45, 7) is 0.490. The van der Waals surface area contributed by atoms with Crippen molar-refractivity contribution in [3.05, 3.63) is 63.2 Å². The largest absolute Gasteiger partial charge is 0.497 e. The van der Waals surface area contributed by atoms with E-state index in [-0.39, 0.29) is 4.92 Å². The number of hydrogen-bond acceptors (Lipinski definition) is 8. The Labute approximate surface area is 186 Å². The summed E-state index contributed by atoms with van der Waals surface area (Å²) in [4.78, 5) is 27.0. The van der Waals surface area contributed by atoms with Gasteiger partial charge in [0, 0.05) is 11.5 Å². The van der Waals surface area contributed by atoms with E-state index in [0.717, 1.165) is 11.1 Å². The van der Waals surface area contributed by atoms with Crippen molar-refractivity contribution >= 4 is 5.97 Å². The lowest BCUT2D eigenvalue weighted by Gasteiger charge is -2.34. The fourth-order valence-electron chi connectivity index (χ4n) is 5.13. The number of esters is 1. The van der Waals surface area contributed by atoms with Gasteiger partial charge in [-0.05, 0) is 47.4 Å². The molecule has 1 saturated heterocycles. The summed E-state index contributed by atoms with van der Waals surface area (Å²) in [6.07, 6.45) is 0.624. The molecule has 32 heavy (non-hydrogen) atoms. The van der Waals surface area contributed by atoms with Crippen LogP contribution in [-0.2, 0) is 16.0 Å². The second kappa shape index (κ2) is 8.66. The second-order valence-electron chi connectivity index (χ2n) is 7.88. The van der Waals surface area contributed by atoms with E-state index in [1.165, 1.54) is 14.2 Å². The molecule has 0 amide bonds. The summed E-state index contributed by atoms with van der Waals surface area (Å²) in [5.74, 6) is 0.541. The summed E-state index contributed by atoms with van der Waals surface area (Å²) >= 11 is 0. The van der Waals surface area contributed by atoms with E-state index in [4.69, 9.17) is 18.9 Å². The second-order valence-corrected chi connectivity index (χ2v) is 7.88. The van der Waals surface area contributed by atoms with Crippen LogP contribution in [0.25, 0.3) is 0 Å². The minimum atomic E-state index is -1.05. The van der Waals surface area contributed by atoms with Crippen LogP contribution < -0.4 is 14.2 Å². The van der Waals surface area contributed by atoms with Gasteiger partial charge in [0.05, 0.1) is 34.4 Å². The standard InChI is InChI=1S/C23H26N2O7/c1-29-15-7-5-13(6-8-15)19-21(25(27)28)20-16-12-18(31-3)17(30-2)11-14(16)9-10-24(20)22(19)23(26)32-4/h5-8,11-12,19-22H,9-10H2,1-4H3/t19-,20-,21-,22+/m1/s1. The Morgan fingerprint density at radius 1 is 1.03 bits per heavy atom. The average Bonchev–Trinajstić information content (AvgIpc) is 3.18. The molecule has 2 aromatic carbocycles. The third kappa shape index (κ3) is 3.42. The summed E-state index contributed by atoms with van der Waals surface area (Å²) in [5.41, 5.74) is 2.43. The molecule has 170 valence electrons. The van der Waals surface area contributed by atoms with E-state index in [2.05, 4.69) is 0 Å². The highest BCUT2D eigenvalue weighted by atomic mass is 16.6. The van der Waals surface area contributed by atoms with Gasteiger partial charge in [0.15, 0.2) is 11.5 Å². The van der Waals surface area contributed by atoms with Gasteiger partial charge in [-0.15, -0.1) is 0 Å². The number of rotatable bonds is 6. The quantitative estimate of drug-likeness (QED) is 0.382. The molecule has 0 bridgehead atoms. The first-order chi connectivity index (χ1) is 15.4. The van der Waals surface area contributed by atoms with Gasteiger partial charge < -0.3 is 18.9 Å². The summed E-state index contributed by atoms with van der Waals surface area (Å²) in [7, 11) is 5.96. The normalized spacial score (nSPS) is 24.2. The Balaban J connectivity index is 1.89. The fourth-order valence-corrected chi connectivity index (χ4v) is 5.13. The maximum Gasteiger partial charge on any atom is 0.324 e. The highest BCUT2D eigenvalue weighted by Crippen LogP contribution is 2.51. The topological polar surface area (TPSA) is 100 Å². The van der Waals surface area contributed by atoms with Crippen LogP contribution in [0, 0.1) is 10.1 Å². The molecule has 2 heterocycles. The molecular weight excluding hydrogens is 416 g/mol. The first-order valence-corrected chi connectivity index (χ1v) is 10.3. The number of carbonyl (C=O) groups excluding carboxylic acids is 1. The van der Waals surface area contributed by atoms with Gasteiger partial charge in [0.2, 0.25) is 6.04 Å². The summed E-state index contributed by atoms with van der Waals surface area (Å²) in [6, 6.07) is 8.29. The van der Waals surface area contributed by atoms with Crippen molar-refractivity contribution in [3.8, 4) is 17.2 Å². The van der Waals surface area contributed by atoms with Crippen LogP contribution in [0.1, 0.15) is 28.7 Å². The van der Waals surface area contributed by atoms with E-state index in [9.17, 15) is 14.9 Å². The molecule has 9 nitrogen and oxygen atoms in total. The zero-order chi connectivity index (χ0) is 23.0. The number of nitro groups is 1. The van der Waals surface area contributed by atoms with Gasteiger partial charge in [0.25, 0.3) is 0 Å². The zero-order valence-electron chi connectivity index (χ0n) is 18.4. The molecule has 4 atom stereocenters. The third-order valence-corrected chi connectivity index (χ3v) is 6.54. The Kier molecular flexibility index (Phi) is 5.92. The van der Waals surface area contributed by atoms with Crippen LogP contribution >= 0.6 is 0 Å². The number of methoxy groups -OCH3 is 4. The van der Waals surface area contributed by atoms with Gasteiger partial charge in [-0.25, -0.2) is 0 Å². The average molecular weight is 442 g/mol. The molecule has 2 aromatic rings. The molecule has 0 aliphatic carbocycles. The number of benzene rings is 2. The van der Waals surface area contributed by atoms with Crippen LogP contribution in [0.4, 0.5) is 0 Å². The molecule has 0 unspecified atom stereocenters. The molecule has 0 aromatic heterocycles. The molecule has 2 aliphatic heterocycles. The minimum Gasteiger partial charge on any atom is -0.497 e. The van der Waals surface area contributed by atoms with Crippen molar-refractivity contribution in [1.82, 2.24) is 4.90 Å². The Hall–Kier alpha value is -3.33. The van der Waals surface area contributed by atoms with E-state index >= 15 is 0 Å². The number of ether oxygens (including phenoxy) is 4.